The first-order valence-electron chi connectivity index (χ1n) is 8.95. The summed E-state index contributed by atoms with van der Waals surface area (Å²) < 4.78 is 7.87. The van der Waals surface area contributed by atoms with Crippen LogP contribution in [0.15, 0.2) is 54.9 Å². The lowest BCUT2D eigenvalue weighted by atomic mass is 10.1. The second-order valence-electron chi connectivity index (χ2n) is 6.75. The number of nitrogens with one attached hydrogen (secondary N) is 1. The lowest BCUT2D eigenvalue weighted by molar-refractivity contribution is -0.0657. The van der Waals surface area contributed by atoms with Gasteiger partial charge in [0.1, 0.15) is 11.8 Å². The van der Waals surface area contributed by atoms with Crippen LogP contribution in [0.3, 0.4) is 0 Å². The van der Waals surface area contributed by atoms with Gasteiger partial charge in [0, 0.05) is 18.9 Å². The highest BCUT2D eigenvalue weighted by Gasteiger charge is 2.29. The fraction of sp³-hybridized carbons (Fsp3) is 0.300. The van der Waals surface area contributed by atoms with Gasteiger partial charge in [0.2, 0.25) is 0 Å². The largest absolute Gasteiger partial charge is 0.367 e. The first-order valence-corrected chi connectivity index (χ1v) is 9.32. The predicted octanol–water partition coefficient (Wildman–Crippen LogP) is 3.66. The Morgan fingerprint density at radius 1 is 1.22 bits per heavy atom. The summed E-state index contributed by atoms with van der Waals surface area (Å²) in [5.41, 5.74) is 2.67. The summed E-state index contributed by atoms with van der Waals surface area (Å²) in [5, 5.41) is 3.60. The van der Waals surface area contributed by atoms with Gasteiger partial charge >= 0.3 is 6.03 Å². The molecular weight excluding hydrogens is 364 g/mol. The fourth-order valence-corrected chi connectivity index (χ4v) is 3.52. The number of hydrogen-bond donors (Lipinski definition) is 1. The van der Waals surface area contributed by atoms with Crippen molar-refractivity contribution < 1.29 is 9.53 Å². The highest BCUT2D eigenvalue weighted by atomic mass is 35.5. The van der Waals surface area contributed by atoms with E-state index < -0.39 is 0 Å². The van der Waals surface area contributed by atoms with Crippen LogP contribution in [0.2, 0.25) is 5.02 Å². The summed E-state index contributed by atoms with van der Waals surface area (Å²) in [4.78, 5) is 19.0. The van der Waals surface area contributed by atoms with Crippen molar-refractivity contribution in [3.05, 3.63) is 71.1 Å². The Kier molecular flexibility index (Phi) is 5.01. The molecule has 1 fully saturated rings. The highest BCUT2D eigenvalue weighted by Crippen LogP contribution is 2.25. The van der Waals surface area contributed by atoms with E-state index in [2.05, 4.69) is 10.3 Å². The summed E-state index contributed by atoms with van der Waals surface area (Å²) in [6, 6.07) is 13.5. The minimum atomic E-state index is -0.113. The Bertz CT molecular complexity index is 944. The topological polar surface area (TPSA) is 58.9 Å². The third-order valence-electron chi connectivity index (χ3n) is 4.60. The first kappa shape index (κ1) is 17.8. The van der Waals surface area contributed by atoms with Crippen molar-refractivity contribution in [2.75, 3.05) is 13.1 Å². The van der Waals surface area contributed by atoms with Gasteiger partial charge in [-0.2, -0.15) is 0 Å². The van der Waals surface area contributed by atoms with Gasteiger partial charge in [0.05, 0.1) is 29.9 Å². The molecule has 27 heavy (non-hydrogen) atoms. The molecule has 140 valence electrons. The van der Waals surface area contributed by atoms with Gasteiger partial charge in [-0.25, -0.2) is 9.78 Å². The molecule has 0 radical (unpaired) electrons. The second-order valence-corrected chi connectivity index (χ2v) is 7.19. The number of benzene rings is 1. The van der Waals surface area contributed by atoms with Gasteiger partial charge in [0.25, 0.3) is 0 Å². The number of nitrogens with zero attached hydrogens (tertiary/aromatic N) is 3. The minimum absolute atomic E-state index is 0.0213. The van der Waals surface area contributed by atoms with E-state index >= 15 is 0 Å². The molecule has 6 nitrogen and oxygen atoms in total. The van der Waals surface area contributed by atoms with Crippen LogP contribution in [0, 0.1) is 0 Å². The maximum atomic E-state index is 12.7. The Morgan fingerprint density at radius 2 is 2.04 bits per heavy atom. The fourth-order valence-electron chi connectivity index (χ4n) is 3.35. The Balaban J connectivity index is 1.40. The van der Waals surface area contributed by atoms with Crippen LogP contribution in [0.25, 0.3) is 5.65 Å². The summed E-state index contributed by atoms with van der Waals surface area (Å²) in [6.07, 6.45) is 3.53. The molecule has 0 spiro atoms. The number of carbonyl (C=O) groups is 1. The van der Waals surface area contributed by atoms with Crippen molar-refractivity contribution in [1.29, 1.82) is 0 Å². The summed E-state index contributed by atoms with van der Waals surface area (Å²) in [7, 11) is 0. The third kappa shape index (κ3) is 4.07. The van der Waals surface area contributed by atoms with Crippen LogP contribution in [0.5, 0.6) is 0 Å². The number of halogens is 1. The average molecular weight is 385 g/mol. The molecule has 7 heteroatoms. The van der Waals surface area contributed by atoms with Crippen molar-refractivity contribution in [3.8, 4) is 0 Å². The SMILES string of the molecule is CC1CN(C(=O)NCc2cn3cc(Cl)ccc3n2)CC(c2ccccc2)O1. The molecule has 3 aromatic rings. The lowest BCUT2D eigenvalue weighted by Gasteiger charge is -2.37. The van der Waals surface area contributed by atoms with E-state index in [1.807, 2.05) is 53.9 Å². The number of fused-ring (bicyclic) bond motifs is 1. The maximum Gasteiger partial charge on any atom is 0.317 e. The number of amides is 2. The Labute approximate surface area is 162 Å². The van der Waals surface area contributed by atoms with E-state index in [4.69, 9.17) is 16.3 Å². The number of aromatic nitrogens is 2. The molecule has 1 aliphatic heterocycles. The molecule has 1 aromatic carbocycles. The normalized spacial score (nSPS) is 20.0. The molecule has 1 saturated heterocycles. The lowest BCUT2D eigenvalue weighted by Crippen LogP contribution is -2.49. The van der Waals surface area contributed by atoms with Crippen LogP contribution in [-0.4, -0.2) is 39.5 Å². The van der Waals surface area contributed by atoms with Gasteiger partial charge in [-0.05, 0) is 24.6 Å². The van der Waals surface area contributed by atoms with Crippen LogP contribution >= 0.6 is 11.6 Å². The summed E-state index contributed by atoms with van der Waals surface area (Å²) >= 11 is 6.00. The number of imidazole rings is 1. The molecule has 2 unspecified atom stereocenters. The predicted molar refractivity (Wildman–Crippen MR) is 104 cm³/mol. The minimum Gasteiger partial charge on any atom is -0.367 e. The van der Waals surface area contributed by atoms with E-state index in [0.717, 1.165) is 16.9 Å². The van der Waals surface area contributed by atoms with Gasteiger partial charge < -0.3 is 19.4 Å². The van der Waals surface area contributed by atoms with E-state index in [1.165, 1.54) is 0 Å². The molecule has 2 atom stereocenters. The Hall–Kier alpha value is -2.57. The third-order valence-corrected chi connectivity index (χ3v) is 4.83. The average Bonchev–Trinajstić information content (AvgIpc) is 3.08. The van der Waals surface area contributed by atoms with Crippen LogP contribution < -0.4 is 5.32 Å². The number of hydrogen-bond acceptors (Lipinski definition) is 3. The van der Waals surface area contributed by atoms with Crippen molar-refractivity contribution in [2.45, 2.75) is 25.7 Å². The standard InChI is InChI=1S/C20H21ClN4O2/c1-14-10-25(13-18(27-14)15-5-3-2-4-6-15)20(26)22-9-17-12-24-11-16(21)7-8-19(24)23-17/h2-8,11-12,14,18H,9-10,13H2,1H3,(H,22,26). The van der Waals surface area contributed by atoms with Gasteiger partial charge in [0.15, 0.2) is 0 Å². The monoisotopic (exact) mass is 384 g/mol. The quantitative estimate of drug-likeness (QED) is 0.749. The number of ether oxygens (including phenoxy) is 1. The maximum absolute atomic E-state index is 12.7. The van der Waals surface area contributed by atoms with Crippen LogP contribution in [-0.2, 0) is 11.3 Å². The number of carbonyl (C=O) groups excluding carboxylic acids is 1. The second kappa shape index (κ2) is 7.58. The zero-order chi connectivity index (χ0) is 18.8. The molecule has 4 rings (SSSR count). The van der Waals surface area contributed by atoms with Crippen molar-refractivity contribution in [2.24, 2.45) is 0 Å². The smallest absolute Gasteiger partial charge is 0.317 e. The number of morpholine rings is 1. The molecule has 2 amide bonds. The number of pyridine rings is 1. The Morgan fingerprint density at radius 3 is 2.85 bits per heavy atom. The van der Waals surface area contributed by atoms with E-state index in [1.54, 1.807) is 17.2 Å². The molecule has 1 N–H and O–H groups in total. The zero-order valence-corrected chi connectivity index (χ0v) is 15.8. The zero-order valence-electron chi connectivity index (χ0n) is 15.0. The molecule has 0 bridgehead atoms. The summed E-state index contributed by atoms with van der Waals surface area (Å²) in [5.74, 6) is 0. The number of urea groups is 1. The molecule has 0 aliphatic carbocycles. The van der Waals surface area contributed by atoms with Crippen molar-refractivity contribution >= 4 is 23.3 Å². The summed E-state index contributed by atoms with van der Waals surface area (Å²) in [6.45, 7) is 3.44. The molecule has 1 aliphatic rings. The van der Waals surface area contributed by atoms with Crippen molar-refractivity contribution in [1.82, 2.24) is 19.6 Å². The molecule has 2 aromatic heterocycles. The molecule has 0 saturated carbocycles. The first-order chi connectivity index (χ1) is 13.1. The van der Waals surface area contributed by atoms with E-state index in [-0.39, 0.29) is 18.2 Å². The van der Waals surface area contributed by atoms with Gasteiger partial charge in [-0.1, -0.05) is 41.9 Å². The van der Waals surface area contributed by atoms with Crippen molar-refractivity contribution in [3.63, 3.8) is 0 Å². The highest BCUT2D eigenvalue weighted by molar-refractivity contribution is 6.30. The van der Waals surface area contributed by atoms with E-state index in [0.29, 0.717) is 24.7 Å². The van der Waals surface area contributed by atoms with E-state index in [9.17, 15) is 4.79 Å². The molecule has 3 heterocycles. The van der Waals surface area contributed by atoms with Gasteiger partial charge in [-0.3, -0.25) is 0 Å². The van der Waals surface area contributed by atoms with Gasteiger partial charge in [-0.15, -0.1) is 0 Å². The van der Waals surface area contributed by atoms with Crippen LogP contribution in [0.4, 0.5) is 4.79 Å². The van der Waals surface area contributed by atoms with Crippen LogP contribution in [0.1, 0.15) is 24.3 Å². The molecular formula is C20H21ClN4O2. The number of rotatable bonds is 3.